The first kappa shape index (κ1) is 32.9. The summed E-state index contributed by atoms with van der Waals surface area (Å²) in [5, 5.41) is 16.9. The number of amides is 1. The molecular formula is C44H40N7O+. The summed E-state index contributed by atoms with van der Waals surface area (Å²) in [4.78, 5) is 19.0. The topological polar surface area (TPSA) is 89.5 Å². The van der Waals surface area contributed by atoms with Crippen LogP contribution in [0.1, 0.15) is 55.4 Å². The van der Waals surface area contributed by atoms with E-state index < -0.39 is 5.54 Å². The minimum absolute atomic E-state index is 0.0586. The number of aromatic nitrogens is 4. The highest BCUT2D eigenvalue weighted by Crippen LogP contribution is 2.43. The molecule has 256 valence electrons. The summed E-state index contributed by atoms with van der Waals surface area (Å²) in [6, 6.07) is 48.1. The number of aliphatic imine (C=N–C) groups is 1. The molecule has 5 aromatic carbocycles. The Labute approximate surface area is 303 Å². The van der Waals surface area contributed by atoms with Crippen LogP contribution in [0.25, 0.3) is 22.5 Å². The summed E-state index contributed by atoms with van der Waals surface area (Å²) in [5.41, 5.74) is 9.34. The molecule has 1 atom stereocenters. The van der Waals surface area contributed by atoms with E-state index in [1.165, 1.54) is 0 Å². The molecule has 0 saturated heterocycles. The van der Waals surface area contributed by atoms with Gasteiger partial charge in [0.25, 0.3) is 5.91 Å². The van der Waals surface area contributed by atoms with Crippen molar-refractivity contribution in [2.45, 2.75) is 45.1 Å². The molecule has 52 heavy (non-hydrogen) atoms. The fourth-order valence-electron chi connectivity index (χ4n) is 7.66. The standard InChI is InChI=1S/C44H39N7O/c1-3-4-24-40-39(42(52)46-43-45-30-31(2)50(40)43)29-32-25-27-33(28-26-32)37-22-14-15-23-38(37)41-47-48-49-51(41)44(34-16-8-5-9-17-34,35-18-10-6-11-19-35)36-20-12-7-13-21-36/h5-23,25-28,30H,3-4,24,29H2,1-2H3,(H,45,46,52)/p+1. The van der Waals surface area contributed by atoms with Crippen molar-refractivity contribution >= 4 is 11.9 Å². The van der Waals surface area contributed by atoms with Crippen molar-refractivity contribution in [1.29, 1.82) is 0 Å². The van der Waals surface area contributed by atoms with Crippen LogP contribution < -0.4 is 10.2 Å². The summed E-state index contributed by atoms with van der Waals surface area (Å²) < 4.78 is 1.97. The number of benzene rings is 5. The SMILES string of the molecule is CCCCC1=C(Cc2ccc(-c3ccccc3-c3nnnn3C(c3ccccc3)(c3ccccc3)c3ccccc3)cc2)C(=O)NC2=NC=C(C)[NH+]21. The predicted octanol–water partition coefficient (Wildman–Crippen LogP) is 7.08. The molecule has 8 nitrogen and oxygen atoms in total. The number of hydrogen-bond acceptors (Lipinski definition) is 5. The number of guanidine groups is 1. The minimum Gasteiger partial charge on any atom is -0.269 e. The largest absolute Gasteiger partial charge is 0.317 e. The first-order chi connectivity index (χ1) is 25.6. The Morgan fingerprint density at radius 1 is 0.731 bits per heavy atom. The van der Waals surface area contributed by atoms with E-state index in [0.29, 0.717) is 18.2 Å². The number of tetrazole rings is 1. The fourth-order valence-corrected chi connectivity index (χ4v) is 7.66. The Kier molecular flexibility index (Phi) is 8.97. The second kappa shape index (κ2) is 14.2. The lowest BCUT2D eigenvalue weighted by Gasteiger charge is -2.36. The van der Waals surface area contributed by atoms with E-state index in [-0.39, 0.29) is 5.91 Å². The zero-order valence-corrected chi connectivity index (χ0v) is 29.3. The summed E-state index contributed by atoms with van der Waals surface area (Å²) in [5.74, 6) is 1.27. The summed E-state index contributed by atoms with van der Waals surface area (Å²) in [7, 11) is 0. The molecule has 0 aliphatic carbocycles. The monoisotopic (exact) mass is 682 g/mol. The maximum atomic E-state index is 13.4. The Hall–Kier alpha value is -6.25. The van der Waals surface area contributed by atoms with Crippen LogP contribution in [0.5, 0.6) is 0 Å². The highest BCUT2D eigenvalue weighted by Gasteiger charge is 2.42. The number of fused-ring (bicyclic) bond motifs is 1. The summed E-state index contributed by atoms with van der Waals surface area (Å²) in [6.07, 6.45) is 5.33. The number of nitrogens with zero attached hydrogens (tertiary/aromatic N) is 5. The third kappa shape index (κ3) is 5.77. The van der Waals surface area contributed by atoms with Gasteiger partial charge in [0.15, 0.2) is 5.82 Å². The molecule has 3 heterocycles. The summed E-state index contributed by atoms with van der Waals surface area (Å²) >= 11 is 0. The van der Waals surface area contributed by atoms with E-state index in [9.17, 15) is 4.79 Å². The first-order valence-corrected chi connectivity index (χ1v) is 17.9. The third-order valence-electron chi connectivity index (χ3n) is 10.1. The number of quaternary nitrogens is 1. The number of carbonyl (C=O) groups is 1. The molecule has 6 aromatic rings. The van der Waals surface area contributed by atoms with Crippen molar-refractivity contribution in [3.8, 4) is 22.5 Å². The highest BCUT2D eigenvalue weighted by molar-refractivity contribution is 6.06. The Morgan fingerprint density at radius 3 is 1.90 bits per heavy atom. The zero-order chi connectivity index (χ0) is 35.5. The van der Waals surface area contributed by atoms with Crippen LogP contribution in [-0.4, -0.2) is 32.1 Å². The van der Waals surface area contributed by atoms with Crippen LogP contribution >= 0.6 is 0 Å². The smallest absolute Gasteiger partial charge is 0.269 e. The van der Waals surface area contributed by atoms with Gasteiger partial charge < -0.3 is 0 Å². The number of nitrogens with one attached hydrogen (secondary N) is 2. The lowest BCUT2D eigenvalue weighted by atomic mass is 9.77. The van der Waals surface area contributed by atoms with Crippen LogP contribution in [0, 0.1) is 0 Å². The van der Waals surface area contributed by atoms with E-state index in [2.05, 4.69) is 139 Å². The van der Waals surface area contributed by atoms with Gasteiger partial charge in [0.2, 0.25) is 0 Å². The molecule has 1 amide bonds. The molecule has 1 unspecified atom stereocenters. The van der Waals surface area contributed by atoms with Crippen molar-refractivity contribution in [3.63, 3.8) is 0 Å². The molecule has 8 rings (SSSR count). The first-order valence-electron chi connectivity index (χ1n) is 17.9. The Morgan fingerprint density at radius 2 is 1.31 bits per heavy atom. The molecule has 1 aromatic heterocycles. The molecular weight excluding hydrogens is 643 g/mol. The van der Waals surface area contributed by atoms with Gasteiger partial charge >= 0.3 is 5.96 Å². The van der Waals surface area contributed by atoms with Crippen LogP contribution in [-0.2, 0) is 16.8 Å². The molecule has 0 fully saturated rings. The second-order valence-electron chi connectivity index (χ2n) is 13.3. The third-order valence-corrected chi connectivity index (χ3v) is 10.1. The van der Waals surface area contributed by atoms with Gasteiger partial charge in [0, 0.05) is 25.3 Å². The van der Waals surface area contributed by atoms with Gasteiger partial charge in [-0.25, -0.2) is 9.58 Å². The number of hydrogen-bond donors (Lipinski definition) is 2. The molecule has 0 spiro atoms. The normalized spacial score (nSPS) is 15.6. The Balaban J connectivity index is 1.21. The summed E-state index contributed by atoms with van der Waals surface area (Å²) in [6.45, 7) is 4.25. The molecule has 0 radical (unpaired) electrons. The van der Waals surface area contributed by atoms with Crippen LogP contribution in [0.4, 0.5) is 0 Å². The van der Waals surface area contributed by atoms with Gasteiger partial charge in [-0.15, -0.1) is 5.10 Å². The highest BCUT2D eigenvalue weighted by atomic mass is 16.2. The van der Waals surface area contributed by atoms with Gasteiger partial charge in [-0.3, -0.25) is 10.1 Å². The van der Waals surface area contributed by atoms with Crippen LogP contribution in [0.15, 0.2) is 168 Å². The van der Waals surface area contributed by atoms with Gasteiger partial charge in [-0.2, -0.15) is 4.99 Å². The van der Waals surface area contributed by atoms with Crippen molar-refractivity contribution in [3.05, 3.63) is 185 Å². The van der Waals surface area contributed by atoms with Gasteiger partial charge in [-0.05, 0) is 50.2 Å². The lowest BCUT2D eigenvalue weighted by Crippen LogP contribution is -3.13. The van der Waals surface area contributed by atoms with E-state index >= 15 is 0 Å². The molecule has 2 aliphatic heterocycles. The van der Waals surface area contributed by atoms with E-state index in [1.807, 2.05) is 41.2 Å². The average Bonchev–Trinajstić information content (AvgIpc) is 3.83. The zero-order valence-electron chi connectivity index (χ0n) is 29.3. The van der Waals surface area contributed by atoms with Crippen molar-refractivity contribution in [1.82, 2.24) is 25.5 Å². The molecule has 0 bridgehead atoms. The van der Waals surface area contributed by atoms with E-state index in [4.69, 9.17) is 10.3 Å². The maximum Gasteiger partial charge on any atom is 0.317 e. The molecule has 2 aliphatic rings. The van der Waals surface area contributed by atoms with Crippen molar-refractivity contribution in [2.75, 3.05) is 0 Å². The van der Waals surface area contributed by atoms with Crippen molar-refractivity contribution in [2.24, 2.45) is 4.99 Å². The number of carbonyl (C=O) groups excluding carboxylic acids is 1. The maximum absolute atomic E-state index is 13.4. The van der Waals surface area contributed by atoms with Crippen molar-refractivity contribution < 1.29 is 9.69 Å². The minimum atomic E-state index is -0.862. The van der Waals surface area contributed by atoms with Gasteiger partial charge in [-0.1, -0.05) is 153 Å². The predicted molar refractivity (Wildman–Crippen MR) is 204 cm³/mol. The number of rotatable bonds is 11. The van der Waals surface area contributed by atoms with E-state index in [1.54, 1.807) is 0 Å². The van der Waals surface area contributed by atoms with Crippen LogP contribution in [0.3, 0.4) is 0 Å². The molecule has 8 heteroatoms. The quantitative estimate of drug-likeness (QED) is 0.143. The number of unbranched alkanes of at least 4 members (excludes halogenated alkanes) is 1. The van der Waals surface area contributed by atoms with Crippen LogP contribution in [0.2, 0.25) is 0 Å². The fraction of sp³-hybridized carbons (Fsp3) is 0.159. The average molecular weight is 683 g/mol. The number of allylic oxidation sites excluding steroid dienone is 2. The Bertz CT molecular complexity index is 2210. The van der Waals surface area contributed by atoms with Gasteiger partial charge in [0.1, 0.15) is 16.9 Å². The lowest BCUT2D eigenvalue weighted by molar-refractivity contribution is -0.720. The van der Waals surface area contributed by atoms with Gasteiger partial charge in [0.05, 0.1) is 11.8 Å². The van der Waals surface area contributed by atoms with E-state index in [0.717, 1.165) is 80.1 Å². The molecule has 0 saturated carbocycles. The molecule has 2 N–H and O–H groups in total. The second-order valence-corrected chi connectivity index (χ2v) is 13.3.